The summed E-state index contributed by atoms with van der Waals surface area (Å²) >= 11 is 1.43. The van der Waals surface area contributed by atoms with Crippen LogP contribution in [0, 0.1) is 0 Å². The Labute approximate surface area is 103 Å². The van der Waals surface area contributed by atoms with E-state index in [9.17, 15) is 9.90 Å². The molecule has 1 unspecified atom stereocenters. The monoisotopic (exact) mass is 248 g/mol. The van der Waals surface area contributed by atoms with Crippen molar-refractivity contribution in [1.29, 1.82) is 0 Å². The van der Waals surface area contributed by atoms with Crippen molar-refractivity contribution in [3.8, 4) is 5.75 Å². The van der Waals surface area contributed by atoms with Gasteiger partial charge in [0.05, 0.1) is 5.69 Å². The highest BCUT2D eigenvalue weighted by Gasteiger charge is 2.17. The van der Waals surface area contributed by atoms with E-state index in [4.69, 9.17) is 5.73 Å². The zero-order valence-corrected chi connectivity index (χ0v) is 9.78. The topological polar surface area (TPSA) is 75.4 Å². The van der Waals surface area contributed by atoms with E-state index >= 15 is 0 Å². The third-order valence-corrected chi connectivity index (χ3v) is 3.25. The normalized spacial score (nSPS) is 12.1. The van der Waals surface area contributed by atoms with E-state index < -0.39 is 6.04 Å². The van der Waals surface area contributed by atoms with Gasteiger partial charge in [-0.15, -0.1) is 11.3 Å². The molecule has 1 heterocycles. The summed E-state index contributed by atoms with van der Waals surface area (Å²) < 4.78 is 0. The highest BCUT2D eigenvalue weighted by molar-refractivity contribution is 7.10. The molecular weight excluding hydrogens is 236 g/mol. The average Bonchev–Trinajstić information content (AvgIpc) is 2.84. The second-order valence-corrected chi connectivity index (χ2v) is 4.48. The second-order valence-electron chi connectivity index (χ2n) is 3.50. The number of hydrogen-bond acceptors (Lipinski definition) is 4. The minimum absolute atomic E-state index is 0.0271. The molecule has 4 nitrogen and oxygen atoms in total. The molecule has 0 saturated carbocycles. The third-order valence-electron chi connectivity index (χ3n) is 2.29. The molecule has 2 aromatic rings. The quantitative estimate of drug-likeness (QED) is 0.728. The van der Waals surface area contributed by atoms with Crippen LogP contribution in [0.25, 0.3) is 0 Å². The third kappa shape index (κ3) is 2.64. The lowest BCUT2D eigenvalue weighted by atomic mass is 10.2. The minimum atomic E-state index is -0.713. The van der Waals surface area contributed by atoms with Crippen LogP contribution < -0.4 is 11.1 Å². The van der Waals surface area contributed by atoms with Gasteiger partial charge in [-0.1, -0.05) is 18.2 Å². The zero-order valence-electron chi connectivity index (χ0n) is 8.96. The van der Waals surface area contributed by atoms with Gasteiger partial charge in [-0.05, 0) is 23.6 Å². The van der Waals surface area contributed by atoms with Crippen LogP contribution in [-0.2, 0) is 4.79 Å². The summed E-state index contributed by atoms with van der Waals surface area (Å²) in [5.74, 6) is -0.312. The first-order valence-electron chi connectivity index (χ1n) is 5.06. The van der Waals surface area contributed by atoms with Gasteiger partial charge < -0.3 is 16.2 Å². The van der Waals surface area contributed by atoms with Gasteiger partial charge in [-0.25, -0.2) is 0 Å². The molecule has 0 bridgehead atoms. The van der Waals surface area contributed by atoms with Crippen molar-refractivity contribution in [2.75, 3.05) is 5.32 Å². The van der Waals surface area contributed by atoms with Gasteiger partial charge in [0, 0.05) is 4.88 Å². The van der Waals surface area contributed by atoms with Crippen LogP contribution in [0.15, 0.2) is 41.8 Å². The van der Waals surface area contributed by atoms with Crippen molar-refractivity contribution in [2.24, 2.45) is 5.73 Å². The summed E-state index contributed by atoms with van der Waals surface area (Å²) in [7, 11) is 0. The Morgan fingerprint density at radius 1 is 1.29 bits per heavy atom. The van der Waals surface area contributed by atoms with Gasteiger partial charge in [0.2, 0.25) is 5.91 Å². The van der Waals surface area contributed by atoms with E-state index in [-0.39, 0.29) is 11.7 Å². The number of nitrogens with two attached hydrogens (primary N) is 1. The number of phenolic OH excluding ortho intramolecular Hbond substituents is 1. The smallest absolute Gasteiger partial charge is 0.246 e. The number of rotatable bonds is 3. The Morgan fingerprint density at radius 3 is 2.71 bits per heavy atom. The first kappa shape index (κ1) is 11.6. The van der Waals surface area contributed by atoms with E-state index in [1.807, 2.05) is 11.4 Å². The summed E-state index contributed by atoms with van der Waals surface area (Å²) in [6.45, 7) is 0. The zero-order chi connectivity index (χ0) is 12.3. The van der Waals surface area contributed by atoms with E-state index in [2.05, 4.69) is 5.32 Å². The Balaban J connectivity index is 2.10. The van der Waals surface area contributed by atoms with E-state index in [1.165, 1.54) is 17.4 Å². The summed E-state index contributed by atoms with van der Waals surface area (Å²) in [6, 6.07) is 9.47. The maximum Gasteiger partial charge on any atom is 0.246 e. The molecule has 4 N–H and O–H groups in total. The summed E-state index contributed by atoms with van der Waals surface area (Å²) in [4.78, 5) is 12.6. The molecule has 0 fully saturated rings. The standard InChI is InChI=1S/C12H12N2O2S/c13-11(10-6-3-7-17-10)12(16)14-8-4-1-2-5-9(8)15/h1-7,11,15H,13H2,(H,14,16). The molecule has 0 spiro atoms. The van der Waals surface area contributed by atoms with Crippen LogP contribution >= 0.6 is 11.3 Å². The Bertz CT molecular complexity index is 511. The van der Waals surface area contributed by atoms with Crippen molar-refractivity contribution in [3.63, 3.8) is 0 Å². The van der Waals surface area contributed by atoms with Crippen molar-refractivity contribution < 1.29 is 9.90 Å². The number of carbonyl (C=O) groups is 1. The summed E-state index contributed by atoms with van der Waals surface area (Å²) in [6.07, 6.45) is 0. The predicted molar refractivity (Wildman–Crippen MR) is 68.0 cm³/mol. The van der Waals surface area contributed by atoms with Crippen LogP contribution in [0.3, 0.4) is 0 Å². The molecule has 2 rings (SSSR count). The highest BCUT2D eigenvalue weighted by atomic mass is 32.1. The molecule has 0 aliphatic carbocycles. The molecule has 1 atom stereocenters. The van der Waals surface area contributed by atoms with E-state index in [0.29, 0.717) is 5.69 Å². The first-order chi connectivity index (χ1) is 8.18. The fraction of sp³-hybridized carbons (Fsp3) is 0.0833. The molecule has 0 aliphatic rings. The van der Waals surface area contributed by atoms with Gasteiger partial charge in [-0.3, -0.25) is 4.79 Å². The Kier molecular flexibility index (Phi) is 3.41. The molecule has 1 aromatic heterocycles. The van der Waals surface area contributed by atoms with E-state index in [1.54, 1.807) is 24.3 Å². The maximum atomic E-state index is 11.8. The van der Waals surface area contributed by atoms with Crippen LogP contribution in [0.2, 0.25) is 0 Å². The van der Waals surface area contributed by atoms with Gasteiger partial charge in [0.25, 0.3) is 0 Å². The SMILES string of the molecule is NC(C(=O)Nc1ccccc1O)c1cccs1. The molecule has 0 saturated heterocycles. The molecule has 88 valence electrons. The molecule has 1 aromatic carbocycles. The highest BCUT2D eigenvalue weighted by Crippen LogP contribution is 2.24. The molecule has 0 radical (unpaired) electrons. The molecule has 1 amide bonds. The molecule has 0 aliphatic heterocycles. The van der Waals surface area contributed by atoms with Gasteiger partial charge in [-0.2, -0.15) is 0 Å². The van der Waals surface area contributed by atoms with Crippen molar-refractivity contribution >= 4 is 22.9 Å². The number of aromatic hydroxyl groups is 1. The molecule has 17 heavy (non-hydrogen) atoms. The number of carbonyl (C=O) groups excluding carboxylic acids is 1. The van der Waals surface area contributed by atoms with Crippen LogP contribution in [0.1, 0.15) is 10.9 Å². The number of thiophene rings is 1. The minimum Gasteiger partial charge on any atom is -0.506 e. The second kappa shape index (κ2) is 4.99. The number of hydrogen-bond donors (Lipinski definition) is 3. The average molecular weight is 248 g/mol. The number of amides is 1. The van der Waals surface area contributed by atoms with Gasteiger partial charge in [0.1, 0.15) is 11.8 Å². The van der Waals surface area contributed by atoms with Crippen molar-refractivity contribution in [2.45, 2.75) is 6.04 Å². The number of nitrogens with one attached hydrogen (secondary N) is 1. The number of anilines is 1. The fourth-order valence-corrected chi connectivity index (χ4v) is 2.11. The van der Waals surface area contributed by atoms with Gasteiger partial charge >= 0.3 is 0 Å². The van der Waals surface area contributed by atoms with Crippen LogP contribution in [0.5, 0.6) is 5.75 Å². The van der Waals surface area contributed by atoms with Crippen LogP contribution in [0.4, 0.5) is 5.69 Å². The lowest BCUT2D eigenvalue weighted by Crippen LogP contribution is -2.26. The number of phenols is 1. The fourth-order valence-electron chi connectivity index (χ4n) is 1.39. The maximum absolute atomic E-state index is 11.8. The number of para-hydroxylation sites is 2. The molecule has 5 heteroatoms. The van der Waals surface area contributed by atoms with Crippen molar-refractivity contribution in [3.05, 3.63) is 46.7 Å². The first-order valence-corrected chi connectivity index (χ1v) is 5.94. The Morgan fingerprint density at radius 2 is 2.06 bits per heavy atom. The molecular formula is C12H12N2O2S. The predicted octanol–water partition coefficient (Wildman–Crippen LogP) is 2.09. The summed E-state index contributed by atoms with van der Waals surface area (Å²) in [5, 5.41) is 14.0. The van der Waals surface area contributed by atoms with E-state index in [0.717, 1.165) is 4.88 Å². The summed E-state index contributed by atoms with van der Waals surface area (Å²) in [5.41, 5.74) is 6.16. The largest absolute Gasteiger partial charge is 0.506 e. The van der Waals surface area contributed by atoms with Crippen LogP contribution in [-0.4, -0.2) is 11.0 Å². The Hall–Kier alpha value is -1.85. The lowest BCUT2D eigenvalue weighted by molar-refractivity contribution is -0.117. The number of benzene rings is 1. The van der Waals surface area contributed by atoms with Gasteiger partial charge in [0.15, 0.2) is 0 Å². The lowest BCUT2D eigenvalue weighted by Gasteiger charge is -2.11. The van der Waals surface area contributed by atoms with Crippen molar-refractivity contribution in [1.82, 2.24) is 0 Å².